The molecule has 0 N–H and O–H groups in total. The van der Waals surface area contributed by atoms with Crippen LogP contribution in [0.5, 0.6) is 0 Å². The highest BCUT2D eigenvalue weighted by atomic mass is 35.6. The Morgan fingerprint density at radius 3 is 1.55 bits per heavy atom. The number of hydrogen-bond donors (Lipinski definition) is 0. The van der Waals surface area contributed by atoms with E-state index in [1.165, 1.54) is 0 Å². The fourth-order valence-corrected chi connectivity index (χ4v) is 1.25. The van der Waals surface area contributed by atoms with Gasteiger partial charge < -0.3 is 0 Å². The second-order valence-electron chi connectivity index (χ2n) is 1.83. The number of halogens is 7. The molecule has 1 atom stereocenters. The van der Waals surface area contributed by atoms with Gasteiger partial charge in [-0.1, -0.05) is 34.8 Å². The summed E-state index contributed by atoms with van der Waals surface area (Å²) in [6.45, 7) is 0. The van der Waals surface area contributed by atoms with E-state index in [9.17, 15) is 13.2 Å². The normalized spacial score (nSPS) is 16.6. The van der Waals surface area contributed by atoms with Crippen LogP contribution in [0.1, 0.15) is 6.42 Å². The lowest BCUT2D eigenvalue weighted by Crippen LogP contribution is -2.27. The van der Waals surface area contributed by atoms with Crippen molar-refractivity contribution in [3.05, 3.63) is 0 Å². The SMILES string of the molecule is FC(F)(F)C(Cl)CC(Cl)(Cl)Cl. The first kappa shape index (κ1) is 11.9. The van der Waals surface area contributed by atoms with Gasteiger partial charge in [-0.3, -0.25) is 0 Å². The quantitative estimate of drug-likeness (QED) is 0.618. The summed E-state index contributed by atoms with van der Waals surface area (Å²) < 4.78 is 33.1. The Bertz CT molecular complexity index is 126. The van der Waals surface area contributed by atoms with Crippen molar-refractivity contribution in [2.75, 3.05) is 0 Å². The topological polar surface area (TPSA) is 0 Å². The van der Waals surface area contributed by atoms with Crippen molar-refractivity contribution in [2.24, 2.45) is 0 Å². The van der Waals surface area contributed by atoms with Gasteiger partial charge in [-0.25, -0.2) is 0 Å². The minimum Gasteiger partial charge on any atom is -0.169 e. The summed E-state index contributed by atoms with van der Waals surface area (Å²) >= 11 is 20.1. The molecule has 0 rings (SSSR count). The third-order valence-corrected chi connectivity index (χ3v) is 1.63. The minimum atomic E-state index is -4.52. The van der Waals surface area contributed by atoms with Crippen molar-refractivity contribution in [1.82, 2.24) is 0 Å². The van der Waals surface area contributed by atoms with Crippen LogP contribution in [0.2, 0.25) is 0 Å². The van der Waals surface area contributed by atoms with Crippen LogP contribution in [0.15, 0.2) is 0 Å². The average molecular weight is 250 g/mol. The Morgan fingerprint density at radius 1 is 1.09 bits per heavy atom. The summed E-state index contributed by atoms with van der Waals surface area (Å²) in [5.41, 5.74) is 0. The van der Waals surface area contributed by atoms with Gasteiger partial charge in [0.2, 0.25) is 0 Å². The fraction of sp³-hybridized carbons (Fsp3) is 1.00. The van der Waals surface area contributed by atoms with Crippen LogP contribution in [0.4, 0.5) is 13.2 Å². The Kier molecular flexibility index (Phi) is 4.10. The van der Waals surface area contributed by atoms with Gasteiger partial charge in [-0.15, -0.1) is 11.6 Å². The first-order valence-corrected chi connectivity index (χ1v) is 3.97. The van der Waals surface area contributed by atoms with E-state index in [1.807, 2.05) is 0 Å². The number of alkyl halides is 7. The van der Waals surface area contributed by atoms with Gasteiger partial charge in [-0.05, 0) is 0 Å². The first-order chi connectivity index (χ1) is 4.63. The molecule has 0 saturated heterocycles. The largest absolute Gasteiger partial charge is 0.405 e. The Balaban J connectivity index is 3.99. The summed E-state index contributed by atoms with van der Waals surface area (Å²) in [4.78, 5) is 0. The van der Waals surface area contributed by atoms with Crippen LogP contribution in [0.3, 0.4) is 0 Å². The molecule has 0 nitrogen and oxygen atoms in total. The van der Waals surface area contributed by atoms with Gasteiger partial charge in [0.05, 0.1) is 0 Å². The maximum atomic E-state index is 11.7. The molecule has 0 aliphatic heterocycles. The van der Waals surface area contributed by atoms with E-state index in [0.29, 0.717) is 0 Å². The van der Waals surface area contributed by atoms with E-state index in [1.54, 1.807) is 0 Å². The van der Waals surface area contributed by atoms with Gasteiger partial charge in [0.15, 0.2) is 3.79 Å². The molecule has 0 fully saturated rings. The molecular formula is C4H3Cl4F3. The molecule has 1 unspecified atom stereocenters. The molecule has 0 aromatic rings. The van der Waals surface area contributed by atoms with Crippen molar-refractivity contribution in [1.29, 1.82) is 0 Å². The van der Waals surface area contributed by atoms with Crippen LogP contribution in [0.25, 0.3) is 0 Å². The molecule has 0 aliphatic carbocycles. The van der Waals surface area contributed by atoms with Crippen molar-refractivity contribution in [2.45, 2.75) is 21.8 Å². The fourth-order valence-electron chi connectivity index (χ4n) is 0.319. The molecule has 0 bridgehead atoms. The van der Waals surface area contributed by atoms with Crippen LogP contribution >= 0.6 is 46.4 Å². The number of hydrogen-bond acceptors (Lipinski definition) is 0. The lowest BCUT2D eigenvalue weighted by molar-refractivity contribution is -0.131. The lowest BCUT2D eigenvalue weighted by atomic mass is 10.3. The van der Waals surface area contributed by atoms with Gasteiger partial charge >= 0.3 is 6.18 Å². The third kappa shape index (κ3) is 6.14. The van der Waals surface area contributed by atoms with Crippen LogP contribution in [-0.4, -0.2) is 15.3 Å². The monoisotopic (exact) mass is 248 g/mol. The molecule has 0 aromatic heterocycles. The summed E-state index contributed by atoms with van der Waals surface area (Å²) in [7, 11) is 0. The molecule has 0 aliphatic rings. The Morgan fingerprint density at radius 2 is 1.45 bits per heavy atom. The van der Waals surface area contributed by atoms with Crippen LogP contribution < -0.4 is 0 Å². The van der Waals surface area contributed by atoms with E-state index < -0.39 is 21.8 Å². The van der Waals surface area contributed by atoms with Crippen molar-refractivity contribution >= 4 is 46.4 Å². The number of rotatable bonds is 1. The predicted molar refractivity (Wildman–Crippen MR) is 40.6 cm³/mol. The van der Waals surface area contributed by atoms with Crippen molar-refractivity contribution in [3.8, 4) is 0 Å². The zero-order valence-electron chi connectivity index (χ0n) is 4.93. The summed E-state index contributed by atoms with van der Waals surface area (Å²) in [6.07, 6.45) is -5.27. The predicted octanol–water partition coefficient (Wildman–Crippen LogP) is 3.92. The zero-order chi connectivity index (χ0) is 9.28. The van der Waals surface area contributed by atoms with Crippen LogP contribution in [-0.2, 0) is 0 Å². The van der Waals surface area contributed by atoms with E-state index in [0.717, 1.165) is 0 Å². The molecule has 0 amide bonds. The van der Waals surface area contributed by atoms with Gasteiger partial charge in [0.1, 0.15) is 5.38 Å². The average Bonchev–Trinajstić information content (AvgIpc) is 1.56. The van der Waals surface area contributed by atoms with Crippen LogP contribution in [0, 0.1) is 0 Å². The summed E-state index contributed by atoms with van der Waals surface area (Å²) in [5, 5.41) is -2.12. The molecule has 11 heavy (non-hydrogen) atoms. The molecule has 0 heterocycles. The molecule has 0 spiro atoms. The van der Waals surface area contributed by atoms with Crippen molar-refractivity contribution < 1.29 is 13.2 Å². The zero-order valence-corrected chi connectivity index (χ0v) is 7.95. The summed E-state index contributed by atoms with van der Waals surface area (Å²) in [6, 6.07) is 0. The standard InChI is InChI=1S/C4H3Cl4F3/c5-2(4(9,10)11)1-3(6,7)8/h2H,1H2. The molecular weight excluding hydrogens is 247 g/mol. The minimum absolute atomic E-state index is 0.747. The second-order valence-corrected chi connectivity index (χ2v) is 4.87. The highest BCUT2D eigenvalue weighted by molar-refractivity contribution is 6.67. The second kappa shape index (κ2) is 3.77. The van der Waals surface area contributed by atoms with Gasteiger partial charge in [0, 0.05) is 6.42 Å². The van der Waals surface area contributed by atoms with Gasteiger partial charge in [0.25, 0.3) is 0 Å². The third-order valence-electron chi connectivity index (χ3n) is 0.766. The molecule has 0 aromatic carbocycles. The van der Waals surface area contributed by atoms with E-state index in [2.05, 4.69) is 0 Å². The molecule has 0 saturated carbocycles. The Hall–Kier alpha value is 0.950. The maximum absolute atomic E-state index is 11.7. The van der Waals surface area contributed by atoms with Crippen molar-refractivity contribution in [3.63, 3.8) is 0 Å². The Labute approximate surface area is 81.5 Å². The molecule has 7 heteroatoms. The smallest absolute Gasteiger partial charge is 0.169 e. The van der Waals surface area contributed by atoms with E-state index in [4.69, 9.17) is 46.4 Å². The maximum Gasteiger partial charge on any atom is 0.405 e. The highest BCUT2D eigenvalue weighted by Crippen LogP contribution is 2.38. The first-order valence-electron chi connectivity index (χ1n) is 2.40. The molecule has 68 valence electrons. The van der Waals surface area contributed by atoms with E-state index >= 15 is 0 Å². The lowest BCUT2D eigenvalue weighted by Gasteiger charge is -2.17. The highest BCUT2D eigenvalue weighted by Gasteiger charge is 2.42. The summed E-state index contributed by atoms with van der Waals surface area (Å²) in [5.74, 6) is 0. The van der Waals surface area contributed by atoms with E-state index in [-0.39, 0.29) is 0 Å². The van der Waals surface area contributed by atoms with Gasteiger partial charge in [-0.2, -0.15) is 13.2 Å². The molecule has 0 radical (unpaired) electrons.